The molecule has 0 unspecified atom stereocenters. The van der Waals surface area contributed by atoms with Gasteiger partial charge in [0.15, 0.2) is 17.4 Å². The van der Waals surface area contributed by atoms with Gasteiger partial charge in [0.05, 0.1) is 0 Å². The Bertz CT molecular complexity index is 975. The van der Waals surface area contributed by atoms with Crippen molar-refractivity contribution in [3.63, 3.8) is 0 Å². The van der Waals surface area contributed by atoms with Crippen LogP contribution in [0.5, 0.6) is 0 Å². The molecule has 0 radical (unpaired) electrons. The molecule has 1 aromatic carbocycles. The summed E-state index contributed by atoms with van der Waals surface area (Å²) in [7, 11) is 0. The first-order chi connectivity index (χ1) is 12.5. The lowest BCUT2D eigenvalue weighted by Gasteiger charge is -2.16. The highest BCUT2D eigenvalue weighted by molar-refractivity contribution is 7.81. The van der Waals surface area contributed by atoms with Gasteiger partial charge in [-0.3, -0.25) is 0 Å². The second kappa shape index (κ2) is 7.81. The number of aryl methyl sites for hydroxylation is 3. The molecular formula is C21H20N2OS2. The van der Waals surface area contributed by atoms with Crippen LogP contribution in [-0.4, -0.2) is 4.99 Å². The van der Waals surface area contributed by atoms with Gasteiger partial charge >= 0.3 is 0 Å². The largest absolute Gasteiger partial charge is 0.867 e. The molecule has 3 nitrogen and oxygen atoms in total. The maximum absolute atomic E-state index is 13.1. The molecule has 2 aromatic heterocycles. The zero-order chi connectivity index (χ0) is 18.7. The van der Waals surface area contributed by atoms with Crippen molar-refractivity contribution in [3.05, 3.63) is 81.8 Å². The predicted octanol–water partition coefficient (Wildman–Crippen LogP) is 4.09. The van der Waals surface area contributed by atoms with E-state index in [0.29, 0.717) is 15.6 Å². The van der Waals surface area contributed by atoms with Crippen LogP contribution in [0.3, 0.4) is 0 Å². The number of aromatic nitrogens is 1. The number of thiophene rings is 1. The van der Waals surface area contributed by atoms with E-state index in [9.17, 15) is 5.11 Å². The number of thiocarbonyl (C=S) groups is 1. The fourth-order valence-corrected chi connectivity index (χ4v) is 3.62. The predicted molar refractivity (Wildman–Crippen MR) is 111 cm³/mol. The van der Waals surface area contributed by atoms with Crippen LogP contribution in [0.25, 0.3) is 11.5 Å². The molecule has 0 atom stereocenters. The Balaban J connectivity index is 2.07. The van der Waals surface area contributed by atoms with Gasteiger partial charge in [-0.2, -0.15) is 4.57 Å². The molecule has 1 N–H and O–H groups in total. The Morgan fingerprint density at radius 3 is 2.58 bits per heavy atom. The van der Waals surface area contributed by atoms with Crippen LogP contribution in [0.4, 0.5) is 5.69 Å². The summed E-state index contributed by atoms with van der Waals surface area (Å²) in [6.07, 6.45) is 3.77. The number of rotatable bonds is 4. The zero-order valence-electron chi connectivity index (χ0n) is 14.9. The van der Waals surface area contributed by atoms with E-state index >= 15 is 0 Å². The maximum atomic E-state index is 13.1. The molecule has 0 fully saturated rings. The molecule has 26 heavy (non-hydrogen) atoms. The number of hydrogen-bond acceptors (Lipinski definition) is 3. The van der Waals surface area contributed by atoms with Gasteiger partial charge in [0.2, 0.25) is 5.70 Å². The average molecular weight is 381 g/mol. The molecule has 0 saturated heterocycles. The number of nitrogens with zero attached hydrogens (tertiary/aromatic N) is 1. The minimum absolute atomic E-state index is 0.0848. The third kappa shape index (κ3) is 4.00. The van der Waals surface area contributed by atoms with Gasteiger partial charge in [-0.25, -0.2) is 0 Å². The highest BCUT2D eigenvalue weighted by Gasteiger charge is 2.20. The standard InChI is InChI=1S/C21H20N2OS2/c1-14-8-9-16(3)17(12-14)22-21(25)19(20(24)18-7-5-11-26-18)23-10-4-6-15(2)13-23/h4-13H,1-3H3,(H-,22,24,25). The number of hydrogen-bond donors (Lipinski definition) is 1. The van der Waals surface area contributed by atoms with Crippen molar-refractivity contribution in [3.8, 4) is 0 Å². The molecule has 2 heterocycles. The van der Waals surface area contributed by atoms with Crippen molar-refractivity contribution in [1.82, 2.24) is 0 Å². The van der Waals surface area contributed by atoms with E-state index in [1.54, 1.807) is 4.57 Å². The van der Waals surface area contributed by atoms with Crippen LogP contribution in [0.1, 0.15) is 21.6 Å². The summed E-state index contributed by atoms with van der Waals surface area (Å²) in [6.45, 7) is 6.04. The molecule has 5 heteroatoms. The highest BCUT2D eigenvalue weighted by Crippen LogP contribution is 2.22. The van der Waals surface area contributed by atoms with Crippen LogP contribution in [0.15, 0.2) is 60.2 Å². The van der Waals surface area contributed by atoms with E-state index in [1.165, 1.54) is 11.3 Å². The third-order valence-electron chi connectivity index (χ3n) is 4.02. The summed E-state index contributed by atoms with van der Waals surface area (Å²) >= 11 is 7.07. The SMILES string of the molecule is Cc1ccc(C)c(NC(=S)C(=C([O-])c2cccs2)[n+]2cccc(C)c2)c1. The topological polar surface area (TPSA) is 39.0 Å². The van der Waals surface area contributed by atoms with E-state index in [1.807, 2.05) is 74.9 Å². The maximum Gasteiger partial charge on any atom is 0.239 e. The van der Waals surface area contributed by atoms with Gasteiger partial charge in [0, 0.05) is 22.2 Å². The number of nitrogens with one attached hydrogen (secondary N) is 1. The fraction of sp³-hybridized carbons (Fsp3) is 0.143. The normalized spacial score (nSPS) is 11.8. The van der Waals surface area contributed by atoms with E-state index in [0.717, 1.165) is 22.4 Å². The van der Waals surface area contributed by atoms with Gasteiger partial charge < -0.3 is 10.4 Å². The summed E-state index contributed by atoms with van der Waals surface area (Å²) < 4.78 is 1.80. The Morgan fingerprint density at radius 1 is 1.08 bits per heavy atom. The van der Waals surface area contributed by atoms with Crippen LogP contribution < -0.4 is 15.0 Å². The summed E-state index contributed by atoms with van der Waals surface area (Å²) in [5, 5.41) is 18.3. The zero-order valence-corrected chi connectivity index (χ0v) is 16.6. The Hall–Kier alpha value is -2.50. The lowest BCUT2D eigenvalue weighted by atomic mass is 10.1. The van der Waals surface area contributed by atoms with Crippen LogP contribution in [0, 0.1) is 20.8 Å². The minimum atomic E-state index is -0.0848. The summed E-state index contributed by atoms with van der Waals surface area (Å²) in [4.78, 5) is 1.08. The van der Waals surface area contributed by atoms with Gasteiger partial charge in [-0.15, -0.1) is 11.3 Å². The lowest BCUT2D eigenvalue weighted by Crippen LogP contribution is -2.40. The molecule has 3 aromatic rings. The lowest BCUT2D eigenvalue weighted by molar-refractivity contribution is -0.578. The van der Waals surface area contributed by atoms with Crippen molar-refractivity contribution in [2.75, 3.05) is 5.32 Å². The Labute approximate surface area is 163 Å². The first-order valence-electron chi connectivity index (χ1n) is 8.28. The first kappa shape index (κ1) is 18.3. The molecule has 0 amide bonds. The van der Waals surface area contributed by atoms with Crippen molar-refractivity contribution < 1.29 is 9.67 Å². The Kier molecular flexibility index (Phi) is 5.49. The van der Waals surface area contributed by atoms with E-state index in [-0.39, 0.29) is 5.76 Å². The monoisotopic (exact) mass is 380 g/mol. The van der Waals surface area contributed by atoms with Crippen molar-refractivity contribution in [1.29, 1.82) is 0 Å². The van der Waals surface area contributed by atoms with Gasteiger partial charge in [-0.05, 0) is 61.2 Å². The number of pyridine rings is 1. The van der Waals surface area contributed by atoms with Crippen LogP contribution >= 0.6 is 23.6 Å². The van der Waals surface area contributed by atoms with Gasteiger partial charge in [-0.1, -0.05) is 30.4 Å². The van der Waals surface area contributed by atoms with E-state index in [4.69, 9.17) is 12.2 Å². The smallest absolute Gasteiger partial charge is 0.239 e. The molecule has 0 aliphatic heterocycles. The summed E-state index contributed by atoms with van der Waals surface area (Å²) in [5.74, 6) is -0.0848. The van der Waals surface area contributed by atoms with E-state index < -0.39 is 0 Å². The second-order valence-corrected chi connectivity index (χ2v) is 7.57. The quantitative estimate of drug-likeness (QED) is 0.321. The Morgan fingerprint density at radius 2 is 1.88 bits per heavy atom. The minimum Gasteiger partial charge on any atom is -0.867 e. The van der Waals surface area contributed by atoms with Gasteiger partial charge in [0.25, 0.3) is 0 Å². The van der Waals surface area contributed by atoms with Crippen molar-refractivity contribution in [2.24, 2.45) is 0 Å². The molecule has 0 aliphatic rings. The summed E-state index contributed by atoms with van der Waals surface area (Å²) in [5.41, 5.74) is 4.63. The van der Waals surface area contributed by atoms with E-state index in [2.05, 4.69) is 11.4 Å². The molecule has 0 saturated carbocycles. The third-order valence-corrected chi connectivity index (χ3v) is 5.19. The van der Waals surface area contributed by atoms with Crippen molar-refractivity contribution in [2.45, 2.75) is 20.8 Å². The molecule has 3 rings (SSSR count). The molecular weight excluding hydrogens is 360 g/mol. The average Bonchev–Trinajstić information content (AvgIpc) is 3.13. The molecule has 0 bridgehead atoms. The van der Waals surface area contributed by atoms with Crippen LogP contribution in [0.2, 0.25) is 0 Å². The molecule has 0 spiro atoms. The second-order valence-electron chi connectivity index (χ2n) is 6.22. The summed E-state index contributed by atoms with van der Waals surface area (Å²) in [6, 6.07) is 13.7. The molecule has 132 valence electrons. The molecule has 0 aliphatic carbocycles. The van der Waals surface area contributed by atoms with Gasteiger partial charge in [0.1, 0.15) is 0 Å². The van der Waals surface area contributed by atoms with Crippen molar-refractivity contribution >= 4 is 45.7 Å². The number of benzene rings is 1. The fourth-order valence-electron chi connectivity index (χ4n) is 2.65. The number of anilines is 1. The first-order valence-corrected chi connectivity index (χ1v) is 9.56. The van der Waals surface area contributed by atoms with Crippen LogP contribution in [-0.2, 0) is 0 Å². The highest BCUT2D eigenvalue weighted by atomic mass is 32.1.